The maximum Gasteiger partial charge on any atom is 0.143 e. The second-order valence-electron chi connectivity index (χ2n) is 4.47. The van der Waals surface area contributed by atoms with Crippen LogP contribution in [0.5, 0.6) is 0 Å². The van der Waals surface area contributed by atoms with Crippen molar-refractivity contribution in [2.45, 2.75) is 13.3 Å². The fourth-order valence-corrected chi connectivity index (χ4v) is 3.08. The molecule has 0 amide bonds. The van der Waals surface area contributed by atoms with Crippen LogP contribution in [0.3, 0.4) is 0 Å². The van der Waals surface area contributed by atoms with Crippen molar-refractivity contribution < 1.29 is 4.39 Å². The summed E-state index contributed by atoms with van der Waals surface area (Å²) in [5, 5.41) is 0.760. The van der Waals surface area contributed by atoms with E-state index in [1.54, 1.807) is 17.4 Å². The van der Waals surface area contributed by atoms with Crippen molar-refractivity contribution in [2.75, 3.05) is 5.73 Å². The monoisotopic (exact) mass is 275 g/mol. The molecule has 0 aliphatic rings. The number of nitrogen functional groups attached to an aromatic ring is 1. The number of aryl methyl sites for hydroxylation is 2. The van der Waals surface area contributed by atoms with Crippen LogP contribution in [0.2, 0.25) is 0 Å². The van der Waals surface area contributed by atoms with Gasteiger partial charge in [0.15, 0.2) is 0 Å². The first kappa shape index (κ1) is 12.2. The Labute approximate surface area is 114 Å². The third-order valence-corrected chi connectivity index (χ3v) is 4.35. The number of hydrogen-bond donors (Lipinski definition) is 1. The molecule has 0 atom stereocenters. The molecule has 3 aromatic rings. The average molecular weight is 275 g/mol. The lowest BCUT2D eigenvalue weighted by atomic mass is 10.2. The van der Waals surface area contributed by atoms with Gasteiger partial charge < -0.3 is 10.3 Å². The Balaban J connectivity index is 2.24. The van der Waals surface area contributed by atoms with Gasteiger partial charge in [0.1, 0.15) is 11.6 Å². The zero-order chi connectivity index (χ0) is 13.6. The van der Waals surface area contributed by atoms with E-state index >= 15 is 0 Å². The number of thiophene rings is 1. The van der Waals surface area contributed by atoms with Gasteiger partial charge in [-0.25, -0.2) is 9.37 Å². The maximum atomic E-state index is 13.2. The van der Waals surface area contributed by atoms with E-state index in [4.69, 9.17) is 5.73 Å². The molecule has 2 N–H and O–H groups in total. The van der Waals surface area contributed by atoms with E-state index in [1.807, 2.05) is 11.6 Å². The number of fused-ring (bicyclic) bond motifs is 1. The van der Waals surface area contributed by atoms with Gasteiger partial charge in [0.25, 0.3) is 0 Å². The summed E-state index contributed by atoms with van der Waals surface area (Å²) < 4.78 is 15.2. The molecule has 98 valence electrons. The summed E-state index contributed by atoms with van der Waals surface area (Å²) in [7, 11) is 1.92. The Morgan fingerprint density at radius 3 is 2.84 bits per heavy atom. The number of nitrogens with two attached hydrogens (primary N) is 1. The fourth-order valence-electron chi connectivity index (χ4n) is 2.22. The number of imidazole rings is 1. The summed E-state index contributed by atoms with van der Waals surface area (Å²) in [6.45, 7) is 2.10. The van der Waals surface area contributed by atoms with Crippen molar-refractivity contribution in [2.24, 2.45) is 7.05 Å². The van der Waals surface area contributed by atoms with E-state index in [-0.39, 0.29) is 5.82 Å². The predicted octanol–water partition coefficient (Wildman–Crippen LogP) is 3.59. The lowest BCUT2D eigenvalue weighted by Gasteiger charge is -2.00. The topological polar surface area (TPSA) is 43.8 Å². The van der Waals surface area contributed by atoms with E-state index < -0.39 is 0 Å². The quantitative estimate of drug-likeness (QED) is 0.776. The molecule has 0 bridgehead atoms. The third-order valence-electron chi connectivity index (χ3n) is 3.24. The van der Waals surface area contributed by atoms with Crippen LogP contribution in [-0.2, 0) is 13.5 Å². The van der Waals surface area contributed by atoms with Gasteiger partial charge in [0.2, 0.25) is 0 Å². The van der Waals surface area contributed by atoms with Gasteiger partial charge in [-0.1, -0.05) is 6.92 Å². The van der Waals surface area contributed by atoms with Crippen molar-refractivity contribution in [3.8, 4) is 11.4 Å². The van der Waals surface area contributed by atoms with Crippen LogP contribution in [-0.4, -0.2) is 9.55 Å². The van der Waals surface area contributed by atoms with Crippen LogP contribution in [0.1, 0.15) is 11.8 Å². The number of hydrogen-bond acceptors (Lipinski definition) is 3. The Hall–Kier alpha value is -1.88. The lowest BCUT2D eigenvalue weighted by Crippen LogP contribution is -1.93. The first-order valence-corrected chi connectivity index (χ1v) is 6.92. The van der Waals surface area contributed by atoms with Crippen molar-refractivity contribution in [3.05, 3.63) is 35.0 Å². The molecule has 0 saturated carbocycles. The van der Waals surface area contributed by atoms with Crippen LogP contribution in [0.25, 0.3) is 22.4 Å². The number of halogens is 1. The number of aromatic nitrogens is 2. The zero-order valence-corrected chi connectivity index (χ0v) is 11.6. The number of anilines is 1. The molecule has 0 fully saturated rings. The summed E-state index contributed by atoms with van der Waals surface area (Å²) >= 11 is 1.58. The molecular formula is C14H14FN3S. The third kappa shape index (κ3) is 1.90. The van der Waals surface area contributed by atoms with Crippen LogP contribution in [0.4, 0.5) is 9.39 Å². The summed E-state index contributed by atoms with van der Waals surface area (Å²) in [5.41, 5.74) is 8.55. The second-order valence-corrected chi connectivity index (χ2v) is 5.64. The minimum Gasteiger partial charge on any atom is -0.390 e. The van der Waals surface area contributed by atoms with Crippen LogP contribution in [0, 0.1) is 5.82 Å². The molecule has 3 rings (SSSR count). The van der Waals surface area contributed by atoms with Crippen molar-refractivity contribution in [1.82, 2.24) is 9.55 Å². The summed E-state index contributed by atoms with van der Waals surface area (Å²) in [6, 6.07) is 6.70. The molecule has 3 nitrogen and oxygen atoms in total. The molecule has 19 heavy (non-hydrogen) atoms. The molecule has 0 radical (unpaired) electrons. The van der Waals surface area contributed by atoms with Crippen molar-refractivity contribution >= 4 is 27.4 Å². The lowest BCUT2D eigenvalue weighted by molar-refractivity contribution is 0.629. The van der Waals surface area contributed by atoms with Gasteiger partial charge in [0.05, 0.1) is 21.6 Å². The van der Waals surface area contributed by atoms with Gasteiger partial charge >= 0.3 is 0 Å². The van der Waals surface area contributed by atoms with Crippen LogP contribution < -0.4 is 5.73 Å². The van der Waals surface area contributed by atoms with Crippen LogP contribution >= 0.6 is 11.3 Å². The highest BCUT2D eigenvalue weighted by Gasteiger charge is 2.15. The summed E-state index contributed by atoms with van der Waals surface area (Å²) in [4.78, 5) is 5.73. The number of benzene rings is 1. The second kappa shape index (κ2) is 4.35. The van der Waals surface area contributed by atoms with Crippen molar-refractivity contribution in [3.63, 3.8) is 0 Å². The predicted molar refractivity (Wildman–Crippen MR) is 77.8 cm³/mol. The molecular weight excluding hydrogens is 261 g/mol. The SMILES string of the molecule is CCc1cc(-c2nc3cc(F)ccc3n2C)c(N)s1. The smallest absolute Gasteiger partial charge is 0.143 e. The molecule has 0 aliphatic heterocycles. The molecule has 0 unspecified atom stereocenters. The first-order chi connectivity index (χ1) is 9.10. The Morgan fingerprint density at radius 2 is 2.16 bits per heavy atom. The van der Waals surface area contributed by atoms with E-state index in [9.17, 15) is 4.39 Å². The molecule has 0 saturated heterocycles. The highest BCUT2D eigenvalue weighted by Crippen LogP contribution is 2.34. The van der Waals surface area contributed by atoms with Crippen LogP contribution in [0.15, 0.2) is 24.3 Å². The van der Waals surface area contributed by atoms with E-state index in [0.29, 0.717) is 5.52 Å². The molecule has 0 spiro atoms. The van der Waals surface area contributed by atoms with Gasteiger partial charge in [0, 0.05) is 18.0 Å². The standard InChI is InChI=1S/C14H14FN3S/c1-3-9-7-10(13(16)19-9)14-17-11-6-8(15)4-5-12(11)18(14)2/h4-7H,3,16H2,1-2H3. The molecule has 5 heteroatoms. The highest BCUT2D eigenvalue weighted by molar-refractivity contribution is 7.16. The Morgan fingerprint density at radius 1 is 1.37 bits per heavy atom. The Kier molecular flexibility index (Phi) is 2.78. The molecule has 0 aliphatic carbocycles. The van der Waals surface area contributed by atoms with E-state index in [2.05, 4.69) is 18.0 Å². The minimum atomic E-state index is -0.273. The van der Waals surface area contributed by atoms with E-state index in [1.165, 1.54) is 17.0 Å². The van der Waals surface area contributed by atoms with Crippen molar-refractivity contribution in [1.29, 1.82) is 0 Å². The average Bonchev–Trinajstić information content (AvgIpc) is 2.90. The van der Waals surface area contributed by atoms with Gasteiger partial charge in [-0.2, -0.15) is 0 Å². The Bertz CT molecular complexity index is 757. The number of rotatable bonds is 2. The maximum absolute atomic E-state index is 13.2. The fraction of sp³-hybridized carbons (Fsp3) is 0.214. The summed E-state index contributed by atoms with van der Waals surface area (Å²) in [6.07, 6.45) is 0.952. The molecule has 2 aromatic heterocycles. The molecule has 2 heterocycles. The summed E-state index contributed by atoms with van der Waals surface area (Å²) in [5.74, 6) is 0.513. The zero-order valence-electron chi connectivity index (χ0n) is 10.8. The largest absolute Gasteiger partial charge is 0.390 e. The van der Waals surface area contributed by atoms with Gasteiger partial charge in [-0.15, -0.1) is 11.3 Å². The normalized spacial score (nSPS) is 11.3. The van der Waals surface area contributed by atoms with Gasteiger partial charge in [-0.05, 0) is 24.6 Å². The van der Waals surface area contributed by atoms with E-state index in [0.717, 1.165) is 28.3 Å². The molecule has 1 aromatic carbocycles. The number of nitrogens with zero attached hydrogens (tertiary/aromatic N) is 2. The first-order valence-electron chi connectivity index (χ1n) is 6.10. The minimum absolute atomic E-state index is 0.273. The van der Waals surface area contributed by atoms with Gasteiger partial charge in [-0.3, -0.25) is 0 Å². The highest BCUT2D eigenvalue weighted by atomic mass is 32.1.